The molecule has 7 nitrogen and oxygen atoms in total. The van der Waals surface area contributed by atoms with Crippen LogP contribution in [-0.2, 0) is 4.79 Å². The molecule has 1 aliphatic heterocycles. The summed E-state index contributed by atoms with van der Waals surface area (Å²) in [6, 6.07) is 5.70. The van der Waals surface area contributed by atoms with Crippen molar-refractivity contribution in [1.29, 1.82) is 5.26 Å². The highest BCUT2D eigenvalue weighted by Gasteiger charge is 2.32. The Morgan fingerprint density at radius 3 is 2.76 bits per heavy atom. The Morgan fingerprint density at radius 2 is 2.12 bits per heavy atom. The number of hydrogen-bond acceptors (Lipinski definition) is 6. The van der Waals surface area contributed by atoms with E-state index in [0.717, 1.165) is 12.8 Å². The van der Waals surface area contributed by atoms with Crippen molar-refractivity contribution >= 4 is 17.9 Å². The first-order chi connectivity index (χ1) is 12.2. The molecule has 0 aromatic carbocycles. The Morgan fingerprint density at radius 1 is 1.32 bits per heavy atom. The molecule has 0 spiro atoms. The quantitative estimate of drug-likeness (QED) is 0.796. The molecule has 7 heteroatoms. The van der Waals surface area contributed by atoms with Gasteiger partial charge in [0, 0.05) is 38.2 Å². The van der Waals surface area contributed by atoms with Crippen LogP contribution in [0.1, 0.15) is 36.1 Å². The second kappa shape index (κ2) is 6.48. The van der Waals surface area contributed by atoms with E-state index in [0.29, 0.717) is 55.3 Å². The first-order valence-electron chi connectivity index (χ1n) is 8.41. The lowest BCUT2D eigenvalue weighted by Gasteiger charge is -2.33. The topological polar surface area (TPSA) is 86.5 Å². The highest BCUT2D eigenvalue weighted by atomic mass is 16.4. The van der Waals surface area contributed by atoms with Crippen molar-refractivity contribution in [3.8, 4) is 6.07 Å². The molecule has 2 fully saturated rings. The average molecular weight is 338 g/mol. The van der Waals surface area contributed by atoms with Crippen LogP contribution in [0.25, 0.3) is 6.08 Å². The van der Waals surface area contributed by atoms with Gasteiger partial charge >= 0.3 is 0 Å². The minimum Gasteiger partial charge on any atom is -0.465 e. The van der Waals surface area contributed by atoms with Gasteiger partial charge in [0.25, 0.3) is 0 Å². The van der Waals surface area contributed by atoms with E-state index in [-0.39, 0.29) is 5.91 Å². The highest BCUT2D eigenvalue weighted by molar-refractivity contribution is 5.91. The van der Waals surface area contributed by atoms with Crippen molar-refractivity contribution < 1.29 is 13.6 Å². The summed E-state index contributed by atoms with van der Waals surface area (Å²) in [7, 11) is 0. The number of amides is 1. The van der Waals surface area contributed by atoms with E-state index in [1.807, 2.05) is 4.90 Å². The fraction of sp³-hybridized carbons (Fsp3) is 0.389. The Kier molecular flexibility index (Phi) is 4.02. The van der Waals surface area contributed by atoms with Crippen molar-refractivity contribution in [3.63, 3.8) is 0 Å². The summed E-state index contributed by atoms with van der Waals surface area (Å²) in [5.74, 6) is 2.19. The SMILES string of the molecule is N#Cc1nc(C2CC2)oc1N1CCN(C(=O)/C=C/c2ccco2)CC1. The second-order valence-corrected chi connectivity index (χ2v) is 6.25. The fourth-order valence-electron chi connectivity index (χ4n) is 2.90. The minimum atomic E-state index is -0.0483. The van der Waals surface area contributed by atoms with Crippen LogP contribution in [-0.4, -0.2) is 42.0 Å². The van der Waals surface area contributed by atoms with Crippen molar-refractivity contribution in [2.24, 2.45) is 0 Å². The first-order valence-corrected chi connectivity index (χ1v) is 8.41. The number of furan rings is 1. The van der Waals surface area contributed by atoms with E-state index >= 15 is 0 Å². The number of carbonyl (C=O) groups excluding carboxylic acids is 1. The molecule has 1 saturated carbocycles. The van der Waals surface area contributed by atoms with Crippen LogP contribution in [0.3, 0.4) is 0 Å². The maximum Gasteiger partial charge on any atom is 0.246 e. The maximum atomic E-state index is 12.3. The monoisotopic (exact) mass is 338 g/mol. The molecule has 1 saturated heterocycles. The zero-order chi connectivity index (χ0) is 17.2. The summed E-state index contributed by atoms with van der Waals surface area (Å²) in [6.07, 6.45) is 6.92. The van der Waals surface area contributed by atoms with Crippen LogP contribution in [0.2, 0.25) is 0 Å². The summed E-state index contributed by atoms with van der Waals surface area (Å²) in [5, 5.41) is 9.28. The van der Waals surface area contributed by atoms with Gasteiger partial charge in [-0.3, -0.25) is 4.79 Å². The standard InChI is InChI=1S/C18H18N4O3/c19-12-15-18(25-17(20-15)13-3-4-13)22-9-7-21(8-10-22)16(23)6-5-14-2-1-11-24-14/h1-2,5-6,11,13H,3-4,7-10H2/b6-5+. The zero-order valence-corrected chi connectivity index (χ0v) is 13.7. The zero-order valence-electron chi connectivity index (χ0n) is 13.7. The van der Waals surface area contributed by atoms with Gasteiger partial charge in [-0.15, -0.1) is 0 Å². The van der Waals surface area contributed by atoms with Gasteiger partial charge in [-0.2, -0.15) is 5.26 Å². The Hall–Kier alpha value is -3.01. The lowest BCUT2D eigenvalue weighted by Crippen LogP contribution is -2.48. The third-order valence-electron chi connectivity index (χ3n) is 4.47. The van der Waals surface area contributed by atoms with Crippen molar-refractivity contribution in [2.75, 3.05) is 31.1 Å². The predicted molar refractivity (Wildman–Crippen MR) is 89.7 cm³/mol. The van der Waals surface area contributed by atoms with Gasteiger partial charge in [-0.05, 0) is 31.1 Å². The first kappa shape index (κ1) is 15.5. The maximum absolute atomic E-state index is 12.3. The van der Waals surface area contributed by atoms with Gasteiger partial charge in [0.1, 0.15) is 11.8 Å². The number of oxazole rings is 1. The molecule has 0 radical (unpaired) electrons. The molecular weight excluding hydrogens is 320 g/mol. The van der Waals surface area contributed by atoms with Crippen molar-refractivity contribution in [2.45, 2.75) is 18.8 Å². The largest absolute Gasteiger partial charge is 0.465 e. The lowest BCUT2D eigenvalue weighted by molar-refractivity contribution is -0.126. The molecule has 1 amide bonds. The van der Waals surface area contributed by atoms with Gasteiger partial charge < -0.3 is 18.6 Å². The number of hydrogen-bond donors (Lipinski definition) is 0. The Bertz CT molecular complexity index is 819. The fourth-order valence-corrected chi connectivity index (χ4v) is 2.90. The number of nitriles is 1. The Labute approximate surface area is 145 Å². The van der Waals surface area contributed by atoms with Crippen molar-refractivity contribution in [1.82, 2.24) is 9.88 Å². The lowest BCUT2D eigenvalue weighted by atomic mass is 10.3. The Balaban J connectivity index is 1.38. The molecule has 0 N–H and O–H groups in total. The number of rotatable bonds is 4. The molecule has 0 bridgehead atoms. The van der Waals surface area contributed by atoms with Crippen LogP contribution < -0.4 is 4.90 Å². The number of anilines is 1. The number of piperazine rings is 1. The molecule has 4 rings (SSSR count). The smallest absolute Gasteiger partial charge is 0.246 e. The van der Waals surface area contributed by atoms with Gasteiger partial charge in [0.2, 0.25) is 23.4 Å². The number of aromatic nitrogens is 1. The average Bonchev–Trinajstić information content (AvgIpc) is 3.20. The van der Waals surface area contributed by atoms with E-state index in [9.17, 15) is 10.1 Å². The molecule has 2 aliphatic rings. The van der Waals surface area contributed by atoms with E-state index in [1.54, 1.807) is 29.4 Å². The molecule has 3 heterocycles. The third-order valence-corrected chi connectivity index (χ3v) is 4.47. The summed E-state index contributed by atoms with van der Waals surface area (Å²) in [6.45, 7) is 2.39. The summed E-state index contributed by atoms with van der Waals surface area (Å²) in [5.41, 5.74) is 0.347. The minimum absolute atomic E-state index is 0.0483. The molecule has 0 atom stereocenters. The number of carbonyl (C=O) groups is 1. The van der Waals surface area contributed by atoms with Crippen LogP contribution >= 0.6 is 0 Å². The summed E-state index contributed by atoms with van der Waals surface area (Å²) in [4.78, 5) is 20.3. The van der Waals surface area contributed by atoms with E-state index in [4.69, 9.17) is 8.83 Å². The molecule has 0 unspecified atom stereocenters. The normalized spacial score (nSPS) is 17.9. The summed E-state index contributed by atoms with van der Waals surface area (Å²) < 4.78 is 11.0. The van der Waals surface area contributed by atoms with Gasteiger partial charge in [-0.25, -0.2) is 4.98 Å². The molecule has 2 aromatic heterocycles. The summed E-state index contributed by atoms with van der Waals surface area (Å²) >= 11 is 0. The molecular formula is C18H18N4O3. The van der Waals surface area contributed by atoms with Crippen LogP contribution in [0.4, 0.5) is 5.88 Å². The highest BCUT2D eigenvalue weighted by Crippen LogP contribution is 2.41. The van der Waals surface area contributed by atoms with Gasteiger partial charge in [0.05, 0.1) is 6.26 Å². The van der Waals surface area contributed by atoms with E-state index in [1.165, 1.54) is 6.08 Å². The van der Waals surface area contributed by atoms with Crippen LogP contribution in [0.15, 0.2) is 33.3 Å². The van der Waals surface area contributed by atoms with E-state index in [2.05, 4.69) is 11.1 Å². The van der Waals surface area contributed by atoms with E-state index < -0.39 is 0 Å². The second-order valence-electron chi connectivity index (χ2n) is 6.25. The van der Waals surface area contributed by atoms with Gasteiger partial charge in [0.15, 0.2) is 0 Å². The molecule has 2 aromatic rings. The van der Waals surface area contributed by atoms with Crippen LogP contribution in [0.5, 0.6) is 0 Å². The number of nitrogens with zero attached hydrogens (tertiary/aromatic N) is 4. The van der Waals surface area contributed by atoms with Crippen molar-refractivity contribution in [3.05, 3.63) is 41.8 Å². The van der Waals surface area contributed by atoms with Gasteiger partial charge in [-0.1, -0.05) is 0 Å². The molecule has 1 aliphatic carbocycles. The predicted octanol–water partition coefficient (Wildman–Crippen LogP) is 2.38. The molecule has 25 heavy (non-hydrogen) atoms. The third kappa shape index (κ3) is 3.29. The van der Waals surface area contributed by atoms with Crippen LogP contribution in [0, 0.1) is 11.3 Å². The molecule has 128 valence electrons.